The van der Waals surface area contributed by atoms with Crippen LogP contribution in [0.2, 0.25) is 0 Å². The van der Waals surface area contributed by atoms with Crippen LogP contribution in [0.4, 0.5) is 13.2 Å². The number of nitrogens with zero attached hydrogens (tertiary/aromatic N) is 4. The van der Waals surface area contributed by atoms with Gasteiger partial charge in [-0.15, -0.1) is 0 Å². The number of aliphatic hydroxyl groups is 1. The number of ether oxygens (including phenoxy) is 1. The third-order valence-corrected chi connectivity index (χ3v) is 6.15. The van der Waals surface area contributed by atoms with E-state index in [4.69, 9.17) is 4.74 Å². The van der Waals surface area contributed by atoms with Crippen LogP contribution >= 0.6 is 0 Å². The third-order valence-electron chi connectivity index (χ3n) is 6.15. The monoisotopic (exact) mass is 433 g/mol. The van der Waals surface area contributed by atoms with Gasteiger partial charge < -0.3 is 15.2 Å². The summed E-state index contributed by atoms with van der Waals surface area (Å²) in [6.45, 7) is 0.770. The van der Waals surface area contributed by atoms with E-state index in [1.165, 1.54) is 30.7 Å². The maximum atomic E-state index is 12.9. The number of fused-ring (bicyclic) bond motifs is 1. The number of aliphatic hydroxyl groups excluding tert-OH is 1. The number of nitrogens with one attached hydrogen (secondary N) is 1. The molecule has 3 aromatic rings. The normalized spacial score (nSPS) is 24.6. The first-order valence-corrected chi connectivity index (χ1v) is 10.2. The largest absolute Gasteiger partial charge is 0.433 e. The molecule has 2 unspecified atom stereocenters. The molecule has 1 saturated heterocycles. The highest BCUT2D eigenvalue weighted by Gasteiger charge is 2.43. The highest BCUT2D eigenvalue weighted by molar-refractivity contribution is 5.47. The van der Waals surface area contributed by atoms with E-state index in [0.717, 1.165) is 11.6 Å². The lowest BCUT2D eigenvalue weighted by Gasteiger charge is -2.42. The molecule has 3 aromatic heterocycles. The van der Waals surface area contributed by atoms with E-state index in [0.29, 0.717) is 36.7 Å². The maximum Gasteiger partial charge on any atom is 0.433 e. The molecule has 2 atom stereocenters. The lowest BCUT2D eigenvalue weighted by molar-refractivity contribution is -0.141. The smallest absolute Gasteiger partial charge is 0.388 e. The standard InChI is InChI=1S/C21H22F3N5O2/c22-21(23,24)17-4-3-16(10-25-17)20(5-6-31-12-18(20)30)27-8-14-9-28-29-11-15(13-1-2-13)7-26-19(14)29/h3-4,7,9-11,13,18,27,30H,1-2,5-6,8,12H2. The summed E-state index contributed by atoms with van der Waals surface area (Å²) in [5.74, 6) is 0.565. The zero-order valence-electron chi connectivity index (χ0n) is 16.6. The van der Waals surface area contributed by atoms with Gasteiger partial charge in [-0.2, -0.15) is 18.3 Å². The van der Waals surface area contributed by atoms with Crippen molar-refractivity contribution in [1.82, 2.24) is 24.9 Å². The SMILES string of the molecule is OC1COCCC1(NCc1cnn2cc(C3CC3)cnc12)c1ccc(C(F)(F)F)nc1. The zero-order valence-corrected chi connectivity index (χ0v) is 16.6. The van der Waals surface area contributed by atoms with Crippen molar-refractivity contribution in [2.24, 2.45) is 0 Å². The van der Waals surface area contributed by atoms with Gasteiger partial charge >= 0.3 is 6.18 Å². The van der Waals surface area contributed by atoms with Crippen LogP contribution in [0.5, 0.6) is 0 Å². The van der Waals surface area contributed by atoms with Gasteiger partial charge in [0.2, 0.25) is 0 Å². The molecule has 7 nitrogen and oxygen atoms in total. The van der Waals surface area contributed by atoms with Crippen LogP contribution in [0, 0.1) is 0 Å². The van der Waals surface area contributed by atoms with Crippen LogP contribution in [-0.2, 0) is 23.0 Å². The Hall–Kier alpha value is -2.56. The van der Waals surface area contributed by atoms with E-state index in [9.17, 15) is 18.3 Å². The summed E-state index contributed by atoms with van der Waals surface area (Å²) in [5, 5.41) is 18.5. The molecule has 1 saturated carbocycles. The lowest BCUT2D eigenvalue weighted by atomic mass is 9.81. The molecule has 0 bridgehead atoms. The molecule has 0 aromatic carbocycles. The van der Waals surface area contributed by atoms with Crippen molar-refractivity contribution in [2.45, 2.75) is 49.5 Å². The molecule has 0 spiro atoms. The molecule has 2 aliphatic rings. The number of hydrogen-bond donors (Lipinski definition) is 2. The van der Waals surface area contributed by atoms with Gasteiger partial charge in [0.15, 0.2) is 5.65 Å². The summed E-state index contributed by atoms with van der Waals surface area (Å²) in [5.41, 5.74) is 1.24. The van der Waals surface area contributed by atoms with Crippen LogP contribution in [0.1, 0.15) is 47.6 Å². The lowest BCUT2D eigenvalue weighted by Crippen LogP contribution is -2.56. The fourth-order valence-electron chi connectivity index (χ4n) is 4.15. The Morgan fingerprint density at radius 3 is 2.71 bits per heavy atom. The molecule has 2 N–H and O–H groups in total. The minimum absolute atomic E-state index is 0.0752. The second kappa shape index (κ2) is 7.54. The highest BCUT2D eigenvalue weighted by Crippen LogP contribution is 2.39. The maximum absolute atomic E-state index is 12.9. The average Bonchev–Trinajstić information content (AvgIpc) is 3.53. The molecular weight excluding hydrogens is 411 g/mol. The molecular formula is C21H22F3N5O2. The van der Waals surface area contributed by atoms with Gasteiger partial charge in [0, 0.05) is 37.3 Å². The predicted octanol–water partition coefficient (Wildman–Crippen LogP) is 2.79. The molecule has 164 valence electrons. The fourth-order valence-corrected chi connectivity index (χ4v) is 4.15. The summed E-state index contributed by atoms with van der Waals surface area (Å²) < 4.78 is 45.9. The summed E-state index contributed by atoms with van der Waals surface area (Å²) in [4.78, 5) is 8.14. The summed E-state index contributed by atoms with van der Waals surface area (Å²) in [6.07, 6.45) is 4.03. The second-order valence-electron chi connectivity index (χ2n) is 8.20. The molecule has 1 aliphatic carbocycles. The van der Waals surface area contributed by atoms with Crippen LogP contribution < -0.4 is 5.32 Å². The predicted molar refractivity (Wildman–Crippen MR) is 104 cm³/mol. The minimum atomic E-state index is -4.52. The third kappa shape index (κ3) is 3.79. The molecule has 31 heavy (non-hydrogen) atoms. The van der Waals surface area contributed by atoms with E-state index in [1.54, 1.807) is 10.7 Å². The van der Waals surface area contributed by atoms with Gasteiger partial charge in [-0.05, 0) is 42.4 Å². The Labute approximate surface area is 176 Å². The Kier molecular flexibility index (Phi) is 4.95. The number of aromatic nitrogens is 4. The van der Waals surface area contributed by atoms with Gasteiger partial charge in [-0.3, -0.25) is 4.98 Å². The van der Waals surface area contributed by atoms with E-state index in [2.05, 4.69) is 20.4 Å². The Morgan fingerprint density at radius 2 is 2.03 bits per heavy atom. The number of pyridine rings is 1. The van der Waals surface area contributed by atoms with Crippen LogP contribution in [-0.4, -0.2) is 44.0 Å². The number of rotatable bonds is 5. The van der Waals surface area contributed by atoms with Crippen molar-refractivity contribution in [3.63, 3.8) is 0 Å². The van der Waals surface area contributed by atoms with Gasteiger partial charge in [0.25, 0.3) is 0 Å². The zero-order chi connectivity index (χ0) is 21.6. The van der Waals surface area contributed by atoms with Crippen molar-refractivity contribution in [3.8, 4) is 0 Å². The van der Waals surface area contributed by atoms with E-state index < -0.39 is 23.5 Å². The highest BCUT2D eigenvalue weighted by atomic mass is 19.4. The Balaban J connectivity index is 1.42. The Bertz CT molecular complexity index is 1080. The first kappa shape index (κ1) is 20.3. The van der Waals surface area contributed by atoms with Crippen LogP contribution in [0.25, 0.3) is 5.65 Å². The molecule has 2 fully saturated rings. The molecule has 0 amide bonds. The second-order valence-corrected chi connectivity index (χ2v) is 8.20. The number of hydrogen-bond acceptors (Lipinski definition) is 6. The van der Waals surface area contributed by atoms with Gasteiger partial charge in [0.05, 0.1) is 24.4 Å². The molecule has 4 heterocycles. The molecule has 10 heteroatoms. The first-order valence-electron chi connectivity index (χ1n) is 10.2. The van der Waals surface area contributed by atoms with Crippen molar-refractivity contribution >= 4 is 5.65 Å². The van der Waals surface area contributed by atoms with Gasteiger partial charge in [-0.25, -0.2) is 9.50 Å². The van der Waals surface area contributed by atoms with Crippen LogP contribution in [0.15, 0.2) is 36.9 Å². The summed E-state index contributed by atoms with van der Waals surface area (Å²) in [6, 6.07) is 2.31. The topological polar surface area (TPSA) is 84.6 Å². The van der Waals surface area contributed by atoms with E-state index in [-0.39, 0.29) is 6.61 Å². The van der Waals surface area contributed by atoms with Gasteiger partial charge in [0.1, 0.15) is 5.69 Å². The summed E-state index contributed by atoms with van der Waals surface area (Å²) >= 11 is 0. The molecule has 0 radical (unpaired) electrons. The van der Waals surface area contributed by atoms with E-state index in [1.807, 2.05) is 12.4 Å². The summed E-state index contributed by atoms with van der Waals surface area (Å²) in [7, 11) is 0. The quantitative estimate of drug-likeness (QED) is 0.644. The molecule has 1 aliphatic heterocycles. The van der Waals surface area contributed by atoms with Crippen molar-refractivity contribution < 1.29 is 23.0 Å². The Morgan fingerprint density at radius 1 is 1.19 bits per heavy atom. The van der Waals surface area contributed by atoms with Crippen LogP contribution in [0.3, 0.4) is 0 Å². The number of alkyl halides is 3. The minimum Gasteiger partial charge on any atom is -0.388 e. The average molecular weight is 433 g/mol. The number of halogens is 3. The van der Waals surface area contributed by atoms with Crippen molar-refractivity contribution in [3.05, 3.63) is 59.3 Å². The fraction of sp³-hybridized carbons (Fsp3) is 0.476. The molecule has 5 rings (SSSR count). The van der Waals surface area contributed by atoms with Crippen molar-refractivity contribution in [2.75, 3.05) is 13.2 Å². The van der Waals surface area contributed by atoms with Gasteiger partial charge in [-0.1, -0.05) is 6.07 Å². The first-order chi connectivity index (χ1) is 14.9. The van der Waals surface area contributed by atoms with Crippen molar-refractivity contribution in [1.29, 1.82) is 0 Å². The van der Waals surface area contributed by atoms with E-state index >= 15 is 0 Å².